The topological polar surface area (TPSA) is 105 Å². The van der Waals surface area contributed by atoms with Crippen LogP contribution in [0.2, 0.25) is 0 Å². The number of carboxylic acid groups (broad SMARTS) is 1. The number of anilines is 1. The van der Waals surface area contributed by atoms with E-state index >= 15 is 0 Å². The van der Waals surface area contributed by atoms with Crippen LogP contribution < -0.4 is 15.0 Å². The molecule has 0 aromatic heterocycles. The number of carbonyl (C=O) groups is 3. The Bertz CT molecular complexity index is 669. The molecule has 158 valence electrons. The summed E-state index contributed by atoms with van der Waals surface area (Å²) in [5.41, 5.74) is 0.126. The summed E-state index contributed by atoms with van der Waals surface area (Å²) in [5, 5.41) is 9.56. The molecule has 0 radical (unpaired) electrons. The average Bonchev–Trinajstić information content (AvgIpc) is 2.57. The van der Waals surface area contributed by atoms with Crippen molar-refractivity contribution in [3.05, 3.63) is 24.3 Å². The summed E-state index contributed by atoms with van der Waals surface area (Å²) in [6.07, 6.45) is -5.70. The normalized spacial score (nSPS) is 10.9. The zero-order valence-corrected chi connectivity index (χ0v) is 16.1. The molecule has 1 rings (SSSR count). The Morgan fingerprint density at radius 3 is 1.93 bits per heavy atom. The van der Waals surface area contributed by atoms with Crippen LogP contribution in [0.1, 0.15) is 20.8 Å². The van der Waals surface area contributed by atoms with Crippen molar-refractivity contribution in [2.24, 2.45) is 0 Å². The number of alkyl carbamates (subject to hydrolysis) is 1. The van der Waals surface area contributed by atoms with Crippen molar-refractivity contribution in [3.8, 4) is 5.75 Å². The molecule has 2 amide bonds. The van der Waals surface area contributed by atoms with Crippen LogP contribution >= 0.6 is 0 Å². The zero-order valence-electron chi connectivity index (χ0n) is 16.1. The number of likely N-dealkylation sites (N-methyl/N-ethyl adjacent to an activating group) is 1. The van der Waals surface area contributed by atoms with Crippen LogP contribution in [0.3, 0.4) is 0 Å². The smallest absolute Gasteiger partial charge is 0.490 e. The van der Waals surface area contributed by atoms with Gasteiger partial charge in [-0.15, -0.1) is 0 Å². The predicted octanol–water partition coefficient (Wildman–Crippen LogP) is 2.82. The first-order valence-corrected chi connectivity index (χ1v) is 7.85. The van der Waals surface area contributed by atoms with E-state index in [1.165, 1.54) is 4.90 Å². The van der Waals surface area contributed by atoms with Crippen LogP contribution in [0.5, 0.6) is 5.75 Å². The summed E-state index contributed by atoms with van der Waals surface area (Å²) in [6.45, 7) is 5.16. The Balaban J connectivity index is 0.000000887. The van der Waals surface area contributed by atoms with Gasteiger partial charge in [-0.2, -0.15) is 13.2 Å². The summed E-state index contributed by atoms with van der Waals surface area (Å²) in [7, 11) is 3.22. The van der Waals surface area contributed by atoms with Gasteiger partial charge in [0.1, 0.15) is 17.9 Å². The first kappa shape index (κ1) is 25.0. The van der Waals surface area contributed by atoms with Crippen molar-refractivity contribution < 1.29 is 42.1 Å². The maximum atomic E-state index is 12.0. The molecule has 2 N–H and O–H groups in total. The van der Waals surface area contributed by atoms with Gasteiger partial charge in [-0.25, -0.2) is 9.59 Å². The van der Waals surface area contributed by atoms with Crippen LogP contribution in [0.15, 0.2) is 24.3 Å². The van der Waals surface area contributed by atoms with Gasteiger partial charge in [0.05, 0.1) is 7.11 Å². The molecule has 28 heavy (non-hydrogen) atoms. The standard InChI is InChI=1S/C15H22N2O4.C2HF3O2/c1-15(2,3)21-14(19)16-10-13(18)17(4)11-6-8-12(20-5)9-7-11;3-2(4,5)1(6)7/h6-9H,10H2,1-5H3,(H,16,19);(H,6,7). The molecule has 8 nitrogen and oxygen atoms in total. The number of carbonyl (C=O) groups excluding carboxylic acids is 2. The molecule has 0 aliphatic heterocycles. The van der Waals surface area contributed by atoms with Crippen molar-refractivity contribution in [2.45, 2.75) is 32.5 Å². The second-order valence-corrected chi connectivity index (χ2v) is 6.31. The van der Waals surface area contributed by atoms with Crippen molar-refractivity contribution in [3.63, 3.8) is 0 Å². The molecule has 0 spiro atoms. The fourth-order valence-electron chi connectivity index (χ4n) is 1.53. The number of amides is 2. The molecular weight excluding hydrogens is 385 g/mol. The van der Waals surface area contributed by atoms with Gasteiger partial charge in [0.15, 0.2) is 0 Å². The van der Waals surface area contributed by atoms with Crippen molar-refractivity contribution >= 4 is 23.7 Å². The van der Waals surface area contributed by atoms with Gasteiger partial charge in [0.25, 0.3) is 0 Å². The third kappa shape index (κ3) is 10.2. The average molecular weight is 408 g/mol. The number of ether oxygens (including phenoxy) is 2. The van der Waals surface area contributed by atoms with E-state index < -0.39 is 23.8 Å². The highest BCUT2D eigenvalue weighted by Gasteiger charge is 2.38. The number of benzene rings is 1. The van der Waals surface area contributed by atoms with Crippen LogP contribution in [0.25, 0.3) is 0 Å². The molecule has 0 aliphatic carbocycles. The van der Waals surface area contributed by atoms with E-state index in [2.05, 4.69) is 5.32 Å². The monoisotopic (exact) mass is 408 g/mol. The maximum Gasteiger partial charge on any atom is 0.490 e. The second-order valence-electron chi connectivity index (χ2n) is 6.31. The Kier molecular flexibility index (Phi) is 9.27. The summed E-state index contributed by atoms with van der Waals surface area (Å²) in [5.74, 6) is -2.29. The van der Waals surface area contributed by atoms with Crippen molar-refractivity contribution in [1.82, 2.24) is 5.32 Å². The van der Waals surface area contributed by atoms with Gasteiger partial charge in [-0.1, -0.05) is 0 Å². The third-order valence-electron chi connectivity index (χ3n) is 2.86. The molecule has 0 saturated carbocycles. The molecule has 0 fully saturated rings. The highest BCUT2D eigenvalue weighted by molar-refractivity contribution is 5.95. The van der Waals surface area contributed by atoms with E-state index in [-0.39, 0.29) is 12.5 Å². The number of rotatable bonds is 4. The summed E-state index contributed by atoms with van der Waals surface area (Å²) in [6, 6.07) is 7.06. The molecule has 0 heterocycles. The molecule has 0 bridgehead atoms. The molecular formula is C17H23F3N2O6. The first-order chi connectivity index (χ1) is 12.7. The quantitative estimate of drug-likeness (QED) is 0.794. The van der Waals surface area contributed by atoms with E-state index in [1.54, 1.807) is 59.2 Å². The van der Waals surface area contributed by atoms with Gasteiger partial charge in [0.2, 0.25) is 5.91 Å². The van der Waals surface area contributed by atoms with Crippen LogP contribution in [0.4, 0.5) is 23.7 Å². The minimum Gasteiger partial charge on any atom is -0.497 e. The number of nitrogens with one attached hydrogen (secondary N) is 1. The molecule has 0 aliphatic rings. The van der Waals surface area contributed by atoms with Crippen LogP contribution in [-0.2, 0) is 14.3 Å². The number of alkyl halides is 3. The first-order valence-electron chi connectivity index (χ1n) is 7.85. The van der Waals surface area contributed by atoms with Crippen LogP contribution in [0, 0.1) is 0 Å². The number of hydrogen-bond donors (Lipinski definition) is 2. The fourth-order valence-corrected chi connectivity index (χ4v) is 1.53. The minimum absolute atomic E-state index is 0.128. The van der Waals surface area contributed by atoms with E-state index in [4.69, 9.17) is 19.4 Å². The van der Waals surface area contributed by atoms with Gasteiger partial charge in [-0.3, -0.25) is 4.79 Å². The van der Waals surface area contributed by atoms with E-state index in [0.29, 0.717) is 11.4 Å². The van der Waals surface area contributed by atoms with Crippen LogP contribution in [-0.4, -0.2) is 55.6 Å². The number of aliphatic carboxylic acids is 1. The van der Waals surface area contributed by atoms with E-state index in [1.807, 2.05) is 0 Å². The number of nitrogens with zero attached hydrogens (tertiary/aromatic N) is 1. The molecule has 0 unspecified atom stereocenters. The Morgan fingerprint density at radius 1 is 1.11 bits per heavy atom. The largest absolute Gasteiger partial charge is 0.497 e. The highest BCUT2D eigenvalue weighted by atomic mass is 19.4. The molecule has 1 aromatic carbocycles. The Hall–Kier alpha value is -2.98. The predicted molar refractivity (Wildman–Crippen MR) is 94.3 cm³/mol. The lowest BCUT2D eigenvalue weighted by Gasteiger charge is -2.21. The lowest BCUT2D eigenvalue weighted by Crippen LogP contribution is -2.40. The Morgan fingerprint density at radius 2 is 1.57 bits per heavy atom. The highest BCUT2D eigenvalue weighted by Crippen LogP contribution is 2.18. The summed E-state index contributed by atoms with van der Waals surface area (Å²) in [4.78, 5) is 33.8. The number of methoxy groups -OCH3 is 1. The maximum absolute atomic E-state index is 12.0. The Labute approximate surface area is 160 Å². The summed E-state index contributed by atoms with van der Waals surface area (Å²) < 4.78 is 41.9. The summed E-state index contributed by atoms with van der Waals surface area (Å²) >= 11 is 0. The fraction of sp³-hybridized carbons (Fsp3) is 0.471. The van der Waals surface area contributed by atoms with E-state index in [0.717, 1.165) is 0 Å². The van der Waals surface area contributed by atoms with E-state index in [9.17, 15) is 22.8 Å². The van der Waals surface area contributed by atoms with Crippen molar-refractivity contribution in [2.75, 3.05) is 25.6 Å². The third-order valence-corrected chi connectivity index (χ3v) is 2.86. The van der Waals surface area contributed by atoms with Crippen molar-refractivity contribution in [1.29, 1.82) is 0 Å². The lowest BCUT2D eigenvalue weighted by molar-refractivity contribution is -0.192. The van der Waals surface area contributed by atoms with Gasteiger partial charge in [-0.05, 0) is 45.0 Å². The number of halogens is 3. The lowest BCUT2D eigenvalue weighted by atomic mass is 10.2. The van der Waals surface area contributed by atoms with Gasteiger partial charge < -0.3 is 24.8 Å². The number of hydrogen-bond acceptors (Lipinski definition) is 5. The number of carboxylic acids is 1. The minimum atomic E-state index is -5.08. The van der Waals surface area contributed by atoms with Gasteiger partial charge >= 0.3 is 18.2 Å². The SMILES string of the molecule is COc1ccc(N(C)C(=O)CNC(=O)OC(C)(C)C)cc1.O=C(O)C(F)(F)F. The second kappa shape index (κ2) is 10.4. The molecule has 11 heteroatoms. The molecule has 0 saturated heterocycles. The molecule has 0 atom stereocenters. The van der Waals surface area contributed by atoms with Gasteiger partial charge in [0, 0.05) is 12.7 Å². The zero-order chi connectivity index (χ0) is 22.1. The molecule has 1 aromatic rings.